The molecular formula is C12H13F2NO4. The molecule has 0 aromatic heterocycles. The Balaban J connectivity index is 2.94. The summed E-state index contributed by atoms with van der Waals surface area (Å²) < 4.78 is 30.5. The molecule has 7 heteroatoms. The van der Waals surface area contributed by atoms with Crippen molar-refractivity contribution in [1.29, 1.82) is 0 Å². The fourth-order valence-corrected chi connectivity index (χ4v) is 1.43. The molecule has 0 aliphatic rings. The van der Waals surface area contributed by atoms with Crippen LogP contribution in [0.25, 0.3) is 0 Å². The van der Waals surface area contributed by atoms with E-state index in [0.29, 0.717) is 18.6 Å². The Labute approximate surface area is 108 Å². The van der Waals surface area contributed by atoms with Crippen molar-refractivity contribution in [1.82, 2.24) is 0 Å². The molecule has 1 unspecified atom stereocenters. The number of halogens is 2. The fourth-order valence-electron chi connectivity index (χ4n) is 1.43. The lowest BCUT2D eigenvalue weighted by atomic mass is 10.1. The van der Waals surface area contributed by atoms with Gasteiger partial charge in [0, 0.05) is 11.8 Å². The van der Waals surface area contributed by atoms with Gasteiger partial charge in [-0.05, 0) is 12.5 Å². The number of rotatable bonds is 5. The summed E-state index contributed by atoms with van der Waals surface area (Å²) in [4.78, 5) is 22.5. The Morgan fingerprint density at radius 3 is 2.47 bits per heavy atom. The van der Waals surface area contributed by atoms with Gasteiger partial charge in [-0.15, -0.1) is 0 Å². The van der Waals surface area contributed by atoms with E-state index >= 15 is 0 Å². The minimum Gasteiger partial charge on any atom is -0.479 e. The van der Waals surface area contributed by atoms with Gasteiger partial charge in [0.05, 0.1) is 5.56 Å². The predicted molar refractivity (Wildman–Crippen MR) is 62.5 cm³/mol. The van der Waals surface area contributed by atoms with Crippen LogP contribution in [0.1, 0.15) is 30.1 Å². The lowest BCUT2D eigenvalue weighted by Gasteiger charge is -2.13. The highest BCUT2D eigenvalue weighted by atomic mass is 19.2. The van der Waals surface area contributed by atoms with Crippen LogP contribution < -0.4 is 5.73 Å². The van der Waals surface area contributed by atoms with E-state index in [1.54, 1.807) is 6.92 Å². The Morgan fingerprint density at radius 2 is 1.95 bits per heavy atom. The van der Waals surface area contributed by atoms with E-state index in [1.807, 2.05) is 0 Å². The molecule has 1 aromatic rings. The third kappa shape index (κ3) is 3.64. The van der Waals surface area contributed by atoms with Crippen molar-refractivity contribution in [3.8, 4) is 0 Å². The molecule has 19 heavy (non-hydrogen) atoms. The summed E-state index contributed by atoms with van der Waals surface area (Å²) >= 11 is 0. The number of benzene rings is 1. The normalized spacial score (nSPS) is 11.9. The van der Waals surface area contributed by atoms with Gasteiger partial charge in [0.2, 0.25) is 0 Å². The smallest absolute Gasteiger partial charge is 0.345 e. The van der Waals surface area contributed by atoms with Crippen LogP contribution in [-0.4, -0.2) is 23.1 Å². The van der Waals surface area contributed by atoms with Gasteiger partial charge in [0.25, 0.3) is 0 Å². The number of carbonyl (C=O) groups excluding carboxylic acids is 1. The second kappa shape index (κ2) is 6.12. The molecule has 0 saturated heterocycles. The van der Waals surface area contributed by atoms with Crippen LogP contribution in [0.15, 0.2) is 12.1 Å². The average molecular weight is 273 g/mol. The average Bonchev–Trinajstić information content (AvgIpc) is 2.32. The van der Waals surface area contributed by atoms with Gasteiger partial charge in [0.1, 0.15) is 0 Å². The Hall–Kier alpha value is -2.18. The highest BCUT2D eigenvalue weighted by Gasteiger charge is 2.24. The molecule has 0 aliphatic carbocycles. The molecule has 0 aliphatic heterocycles. The topological polar surface area (TPSA) is 89.6 Å². The van der Waals surface area contributed by atoms with Gasteiger partial charge in [-0.1, -0.05) is 13.3 Å². The number of esters is 1. The Bertz CT molecular complexity index is 505. The quantitative estimate of drug-likeness (QED) is 0.632. The second-order valence-corrected chi connectivity index (χ2v) is 3.87. The highest BCUT2D eigenvalue weighted by Crippen LogP contribution is 2.19. The standard InChI is InChI=1S/C12H13F2NO4/c1-2-3-10(11(16)17)19-12(18)6-4-7(13)8(14)5-9(6)15/h4-5,10H,2-3,15H2,1H3,(H,16,17). The summed E-state index contributed by atoms with van der Waals surface area (Å²) in [5.41, 5.74) is 4.65. The first-order valence-electron chi connectivity index (χ1n) is 5.55. The van der Waals surface area contributed by atoms with Crippen molar-refractivity contribution < 1.29 is 28.2 Å². The van der Waals surface area contributed by atoms with E-state index in [9.17, 15) is 18.4 Å². The molecule has 0 spiro atoms. The van der Waals surface area contributed by atoms with Gasteiger partial charge in [-0.3, -0.25) is 0 Å². The summed E-state index contributed by atoms with van der Waals surface area (Å²) in [6.07, 6.45) is -0.743. The molecule has 0 amide bonds. The molecule has 0 radical (unpaired) electrons. The zero-order valence-corrected chi connectivity index (χ0v) is 10.2. The molecular weight excluding hydrogens is 260 g/mol. The van der Waals surface area contributed by atoms with Crippen LogP contribution in [0.5, 0.6) is 0 Å². The maximum atomic E-state index is 13.0. The van der Waals surface area contributed by atoms with Gasteiger partial charge in [-0.25, -0.2) is 18.4 Å². The number of ether oxygens (including phenoxy) is 1. The van der Waals surface area contributed by atoms with E-state index in [1.165, 1.54) is 0 Å². The SMILES string of the molecule is CCCC(OC(=O)c1cc(F)c(F)cc1N)C(=O)O. The zero-order chi connectivity index (χ0) is 14.6. The summed E-state index contributed by atoms with van der Waals surface area (Å²) in [5.74, 6) is -4.87. The number of aliphatic carboxylic acids is 1. The van der Waals surface area contributed by atoms with E-state index in [-0.39, 0.29) is 12.1 Å². The first-order valence-corrected chi connectivity index (χ1v) is 5.55. The second-order valence-electron chi connectivity index (χ2n) is 3.87. The third-order valence-corrected chi connectivity index (χ3v) is 2.39. The van der Waals surface area contributed by atoms with Crippen LogP contribution in [-0.2, 0) is 9.53 Å². The number of hydrogen-bond acceptors (Lipinski definition) is 4. The van der Waals surface area contributed by atoms with Crippen LogP contribution in [0, 0.1) is 11.6 Å². The maximum absolute atomic E-state index is 13.0. The van der Waals surface area contributed by atoms with Crippen molar-refractivity contribution in [2.24, 2.45) is 0 Å². The van der Waals surface area contributed by atoms with Gasteiger partial charge in [-0.2, -0.15) is 0 Å². The first-order chi connectivity index (χ1) is 8.86. The maximum Gasteiger partial charge on any atom is 0.345 e. The number of carbonyl (C=O) groups is 2. The molecule has 3 N–H and O–H groups in total. The molecule has 1 aromatic carbocycles. The van der Waals surface area contributed by atoms with E-state index < -0.39 is 35.2 Å². The minimum atomic E-state index is -1.34. The molecule has 0 fully saturated rings. The van der Waals surface area contributed by atoms with Crippen molar-refractivity contribution in [2.75, 3.05) is 5.73 Å². The summed E-state index contributed by atoms with van der Waals surface area (Å²) in [7, 11) is 0. The van der Waals surface area contributed by atoms with E-state index in [2.05, 4.69) is 0 Å². The van der Waals surface area contributed by atoms with E-state index in [0.717, 1.165) is 0 Å². The molecule has 5 nitrogen and oxygen atoms in total. The predicted octanol–water partition coefficient (Wildman–Crippen LogP) is 1.96. The molecule has 1 atom stereocenters. The highest BCUT2D eigenvalue weighted by molar-refractivity contribution is 5.96. The summed E-state index contributed by atoms with van der Waals surface area (Å²) in [6, 6.07) is 1.22. The van der Waals surface area contributed by atoms with Gasteiger partial charge in [0.15, 0.2) is 17.7 Å². The Morgan fingerprint density at radius 1 is 1.37 bits per heavy atom. The monoisotopic (exact) mass is 273 g/mol. The van der Waals surface area contributed by atoms with Gasteiger partial charge >= 0.3 is 11.9 Å². The number of hydrogen-bond donors (Lipinski definition) is 2. The fraction of sp³-hybridized carbons (Fsp3) is 0.333. The molecule has 0 saturated carbocycles. The Kier molecular flexibility index (Phi) is 4.80. The molecule has 104 valence electrons. The minimum absolute atomic E-state index is 0.116. The first kappa shape index (κ1) is 14.9. The number of nitrogen functional groups attached to an aromatic ring is 1. The van der Waals surface area contributed by atoms with E-state index in [4.69, 9.17) is 15.6 Å². The van der Waals surface area contributed by atoms with Crippen LogP contribution in [0.3, 0.4) is 0 Å². The van der Waals surface area contributed by atoms with Crippen molar-refractivity contribution >= 4 is 17.6 Å². The molecule has 0 heterocycles. The van der Waals surface area contributed by atoms with Crippen molar-refractivity contribution in [3.05, 3.63) is 29.3 Å². The number of carboxylic acids is 1. The van der Waals surface area contributed by atoms with Crippen molar-refractivity contribution in [2.45, 2.75) is 25.9 Å². The summed E-state index contributed by atoms with van der Waals surface area (Å²) in [6.45, 7) is 1.72. The van der Waals surface area contributed by atoms with Gasteiger partial charge < -0.3 is 15.6 Å². The summed E-state index contributed by atoms with van der Waals surface area (Å²) in [5, 5.41) is 8.83. The largest absolute Gasteiger partial charge is 0.479 e. The number of anilines is 1. The van der Waals surface area contributed by atoms with Crippen LogP contribution >= 0.6 is 0 Å². The lowest BCUT2D eigenvalue weighted by molar-refractivity contribution is -0.147. The number of carboxylic acid groups (broad SMARTS) is 1. The lowest BCUT2D eigenvalue weighted by Crippen LogP contribution is -2.27. The zero-order valence-electron chi connectivity index (χ0n) is 10.2. The molecule has 1 rings (SSSR count). The van der Waals surface area contributed by atoms with Crippen LogP contribution in [0.4, 0.5) is 14.5 Å². The van der Waals surface area contributed by atoms with Crippen LogP contribution in [0.2, 0.25) is 0 Å². The number of nitrogens with two attached hydrogens (primary N) is 1. The third-order valence-electron chi connectivity index (χ3n) is 2.39. The van der Waals surface area contributed by atoms with Crippen molar-refractivity contribution in [3.63, 3.8) is 0 Å². The molecule has 0 bridgehead atoms.